The lowest BCUT2D eigenvalue weighted by Crippen LogP contribution is -2.28. The Hall–Kier alpha value is -2.71. The van der Waals surface area contributed by atoms with Gasteiger partial charge in [-0.15, -0.1) is 0 Å². The summed E-state index contributed by atoms with van der Waals surface area (Å²) >= 11 is 0. The van der Waals surface area contributed by atoms with Crippen LogP contribution < -0.4 is 10.0 Å². The normalized spacial score (nSPS) is 11.6. The lowest BCUT2D eigenvalue weighted by molar-refractivity contribution is -0.116. The fraction of sp³-hybridized carbons (Fsp3) is 0.222. The molecule has 0 fully saturated rings. The topological polar surface area (TPSA) is 104 Å². The van der Waals surface area contributed by atoms with Crippen LogP contribution in [0.3, 0.4) is 0 Å². The highest BCUT2D eigenvalue weighted by Gasteiger charge is 2.16. The first-order chi connectivity index (χ1) is 12.3. The van der Waals surface area contributed by atoms with E-state index in [1.807, 2.05) is 19.1 Å². The van der Waals surface area contributed by atoms with E-state index >= 15 is 0 Å². The Kier molecular flexibility index (Phi) is 5.06. The van der Waals surface area contributed by atoms with Gasteiger partial charge in [0.05, 0.1) is 16.6 Å². The Labute approximate surface area is 151 Å². The van der Waals surface area contributed by atoms with Gasteiger partial charge >= 0.3 is 0 Å². The number of hydrogen-bond acceptors (Lipinski definition) is 4. The average Bonchev–Trinajstić information content (AvgIpc) is 3.01. The molecule has 26 heavy (non-hydrogen) atoms. The Bertz CT molecular complexity index is 1060. The number of nitrogens with one attached hydrogen (secondary N) is 3. The minimum absolute atomic E-state index is 0.0233. The summed E-state index contributed by atoms with van der Waals surface area (Å²) in [6.07, 6.45) is 1.70. The molecule has 1 aromatic heterocycles. The minimum Gasteiger partial charge on any atom is -0.326 e. The molecule has 8 heteroatoms. The van der Waals surface area contributed by atoms with E-state index in [2.05, 4.69) is 20.2 Å². The van der Waals surface area contributed by atoms with Gasteiger partial charge in [-0.3, -0.25) is 9.89 Å². The van der Waals surface area contributed by atoms with Crippen molar-refractivity contribution in [1.82, 2.24) is 14.9 Å². The molecule has 3 aromatic rings. The maximum absolute atomic E-state index is 12.4. The summed E-state index contributed by atoms with van der Waals surface area (Å²) in [6.45, 7) is 3.68. The van der Waals surface area contributed by atoms with E-state index in [1.54, 1.807) is 37.4 Å². The third kappa shape index (κ3) is 4.09. The number of sulfonamides is 1. The largest absolute Gasteiger partial charge is 0.326 e. The number of H-pyrrole nitrogens is 1. The third-order valence-electron chi connectivity index (χ3n) is 3.99. The molecule has 7 nitrogen and oxygen atoms in total. The first kappa shape index (κ1) is 18.1. The number of anilines is 1. The van der Waals surface area contributed by atoms with Gasteiger partial charge in [0.15, 0.2) is 0 Å². The van der Waals surface area contributed by atoms with E-state index in [-0.39, 0.29) is 23.8 Å². The second-order valence-electron chi connectivity index (χ2n) is 6.14. The number of amides is 1. The number of rotatable bonds is 6. The van der Waals surface area contributed by atoms with E-state index in [1.165, 1.54) is 0 Å². The zero-order chi connectivity index (χ0) is 18.7. The molecule has 3 rings (SSSR count). The highest BCUT2D eigenvalue weighted by Crippen LogP contribution is 2.17. The van der Waals surface area contributed by atoms with E-state index in [9.17, 15) is 13.2 Å². The van der Waals surface area contributed by atoms with Crippen molar-refractivity contribution in [2.24, 2.45) is 0 Å². The number of aromatic nitrogens is 2. The lowest BCUT2D eigenvalue weighted by Gasteiger charge is -2.10. The molecule has 0 atom stereocenters. The maximum atomic E-state index is 12.4. The summed E-state index contributed by atoms with van der Waals surface area (Å²) in [6, 6.07) is 10.5. The summed E-state index contributed by atoms with van der Waals surface area (Å²) in [4.78, 5) is 12.3. The zero-order valence-electron chi connectivity index (χ0n) is 14.5. The van der Waals surface area contributed by atoms with Gasteiger partial charge in [0, 0.05) is 24.0 Å². The van der Waals surface area contributed by atoms with Crippen LogP contribution in [0.2, 0.25) is 0 Å². The number of benzene rings is 2. The molecule has 136 valence electrons. The van der Waals surface area contributed by atoms with Crippen LogP contribution in [0.25, 0.3) is 10.9 Å². The summed E-state index contributed by atoms with van der Waals surface area (Å²) in [5, 5.41) is 10.4. The van der Waals surface area contributed by atoms with E-state index < -0.39 is 10.0 Å². The molecule has 0 aliphatic heterocycles. The van der Waals surface area contributed by atoms with Gasteiger partial charge in [-0.1, -0.05) is 17.7 Å². The predicted octanol–water partition coefficient (Wildman–Crippen LogP) is 2.49. The molecule has 0 aliphatic rings. The Balaban J connectivity index is 1.57. The third-order valence-corrected chi connectivity index (χ3v) is 5.61. The molecule has 0 spiro atoms. The maximum Gasteiger partial charge on any atom is 0.240 e. The van der Waals surface area contributed by atoms with E-state index in [4.69, 9.17) is 0 Å². The van der Waals surface area contributed by atoms with Crippen LogP contribution in [-0.2, 0) is 14.8 Å². The molecule has 1 amide bonds. The Morgan fingerprint density at radius 1 is 1.15 bits per heavy atom. The summed E-state index contributed by atoms with van der Waals surface area (Å²) in [7, 11) is -3.64. The van der Waals surface area contributed by atoms with Crippen molar-refractivity contribution < 1.29 is 13.2 Å². The summed E-state index contributed by atoms with van der Waals surface area (Å²) in [5.74, 6) is -0.267. The lowest BCUT2D eigenvalue weighted by atomic mass is 10.2. The zero-order valence-corrected chi connectivity index (χ0v) is 15.4. The van der Waals surface area contributed by atoms with Crippen molar-refractivity contribution in [3.8, 4) is 0 Å². The van der Waals surface area contributed by atoms with Crippen molar-refractivity contribution >= 4 is 32.5 Å². The first-order valence-corrected chi connectivity index (χ1v) is 9.63. The second kappa shape index (κ2) is 7.27. The Morgan fingerprint density at radius 2 is 1.96 bits per heavy atom. The molecule has 0 aliphatic carbocycles. The molecule has 2 aromatic carbocycles. The molecule has 0 saturated heterocycles. The molecule has 0 saturated carbocycles. The SMILES string of the molecule is Cc1ccc(S(=O)(=O)NCCC(=O)Nc2ccc3[nH]ncc3c2)c(C)c1. The summed E-state index contributed by atoms with van der Waals surface area (Å²) in [5.41, 5.74) is 3.19. The van der Waals surface area contributed by atoms with Gasteiger partial charge in [0.1, 0.15) is 0 Å². The van der Waals surface area contributed by atoms with Crippen LogP contribution in [0.5, 0.6) is 0 Å². The van der Waals surface area contributed by atoms with Crippen LogP contribution in [0.4, 0.5) is 5.69 Å². The van der Waals surface area contributed by atoms with Crippen molar-refractivity contribution in [2.45, 2.75) is 25.2 Å². The van der Waals surface area contributed by atoms with Gasteiger partial charge in [-0.2, -0.15) is 5.10 Å². The van der Waals surface area contributed by atoms with Gasteiger partial charge in [0.25, 0.3) is 0 Å². The van der Waals surface area contributed by atoms with Gasteiger partial charge < -0.3 is 5.32 Å². The summed E-state index contributed by atoms with van der Waals surface area (Å²) < 4.78 is 27.2. The number of fused-ring (bicyclic) bond motifs is 1. The monoisotopic (exact) mass is 372 g/mol. The van der Waals surface area contributed by atoms with Gasteiger partial charge in [0.2, 0.25) is 15.9 Å². The number of carbonyl (C=O) groups excluding carboxylic acids is 1. The molecule has 0 unspecified atom stereocenters. The van der Waals surface area contributed by atoms with Crippen LogP contribution in [0.15, 0.2) is 47.5 Å². The van der Waals surface area contributed by atoms with Gasteiger partial charge in [-0.05, 0) is 43.7 Å². The molecular weight excluding hydrogens is 352 g/mol. The predicted molar refractivity (Wildman–Crippen MR) is 100 cm³/mol. The van der Waals surface area contributed by atoms with Crippen LogP contribution in [0, 0.1) is 13.8 Å². The number of hydrogen-bond donors (Lipinski definition) is 3. The van der Waals surface area contributed by atoms with E-state index in [0.717, 1.165) is 16.5 Å². The van der Waals surface area contributed by atoms with Crippen molar-refractivity contribution in [2.75, 3.05) is 11.9 Å². The highest BCUT2D eigenvalue weighted by atomic mass is 32.2. The smallest absolute Gasteiger partial charge is 0.240 e. The molecular formula is C18H20N4O3S. The fourth-order valence-electron chi connectivity index (χ4n) is 2.72. The molecule has 0 radical (unpaired) electrons. The van der Waals surface area contributed by atoms with Crippen LogP contribution in [-0.4, -0.2) is 31.1 Å². The van der Waals surface area contributed by atoms with Crippen molar-refractivity contribution in [3.63, 3.8) is 0 Å². The molecule has 0 bridgehead atoms. The first-order valence-electron chi connectivity index (χ1n) is 8.15. The number of nitrogens with zero attached hydrogens (tertiary/aromatic N) is 1. The van der Waals surface area contributed by atoms with E-state index in [0.29, 0.717) is 11.3 Å². The molecule has 1 heterocycles. The highest BCUT2D eigenvalue weighted by molar-refractivity contribution is 7.89. The molecule has 3 N–H and O–H groups in total. The Morgan fingerprint density at radius 3 is 2.73 bits per heavy atom. The minimum atomic E-state index is -3.64. The van der Waals surface area contributed by atoms with Gasteiger partial charge in [-0.25, -0.2) is 13.1 Å². The number of carbonyl (C=O) groups is 1. The second-order valence-corrected chi connectivity index (χ2v) is 7.87. The van der Waals surface area contributed by atoms with Crippen LogP contribution in [0.1, 0.15) is 17.5 Å². The average molecular weight is 372 g/mol. The fourth-order valence-corrected chi connectivity index (χ4v) is 3.98. The standard InChI is InChI=1S/C18H20N4O3S/c1-12-3-6-17(13(2)9-12)26(24,25)20-8-7-18(23)21-15-4-5-16-14(10-15)11-19-22-16/h3-6,9-11,20H,7-8H2,1-2H3,(H,19,22)(H,21,23). The van der Waals surface area contributed by atoms with Crippen LogP contribution >= 0.6 is 0 Å². The number of aryl methyl sites for hydroxylation is 2. The van der Waals surface area contributed by atoms with Crippen molar-refractivity contribution in [3.05, 3.63) is 53.7 Å². The van der Waals surface area contributed by atoms with Crippen molar-refractivity contribution in [1.29, 1.82) is 0 Å². The number of aromatic amines is 1. The quantitative estimate of drug-likeness (QED) is 0.618.